The Hall–Kier alpha value is -1.93. The maximum atomic E-state index is 12.8. The summed E-state index contributed by atoms with van der Waals surface area (Å²) in [5.74, 6) is 3.40. The van der Waals surface area contributed by atoms with Gasteiger partial charge in [-0.05, 0) is 149 Å². The van der Waals surface area contributed by atoms with Crippen LogP contribution in [0.2, 0.25) is 0 Å². The van der Waals surface area contributed by atoms with E-state index in [0.717, 1.165) is 82.0 Å². The Morgan fingerprint density at radius 3 is 2.30 bits per heavy atom. The molecule has 4 rings (SSSR count). The van der Waals surface area contributed by atoms with Crippen LogP contribution < -0.4 is 5.32 Å². The van der Waals surface area contributed by atoms with Crippen LogP contribution in [0.4, 0.5) is 0 Å². The Labute approximate surface area is 304 Å². The van der Waals surface area contributed by atoms with E-state index in [1.807, 2.05) is 0 Å². The molecular formula is C42H69NO6S. The first kappa shape index (κ1) is 40.8. The van der Waals surface area contributed by atoms with Crippen LogP contribution in [-0.2, 0) is 24.4 Å². The number of rotatable bonds is 19. The highest BCUT2D eigenvalue weighted by atomic mass is 32.2. The van der Waals surface area contributed by atoms with E-state index in [4.69, 9.17) is 9.29 Å². The summed E-state index contributed by atoms with van der Waals surface area (Å²) >= 11 is 0. The second kappa shape index (κ2) is 19.2. The fourth-order valence-corrected chi connectivity index (χ4v) is 11.4. The second-order valence-electron chi connectivity index (χ2n) is 16.8. The SMILES string of the molecule is CC/C=C\C/C=C\C/C=C\CCCCCC(=O)OC1CCC2(C)C(CCC3C2CCC2(C)C(C(C)CCC(=O)NCCS(=O)(=O)O)CCC32)C1. The Balaban J connectivity index is 1.16. The molecule has 0 heterocycles. The standard InChI is InChI=1S/C42H69NO6S/c1-5-6-7-8-9-10-11-12-13-14-15-16-17-18-40(45)49-34-25-27-41(3)33(31-34)20-21-35-37-23-22-36(42(37,4)28-26-38(35)41)32(2)19-24-39(44)43-29-30-50(46,47)48/h6-7,9-10,12-13,32-38H,5,8,11,14-31H2,1-4H3,(H,43,44)(H,46,47,48)/b7-6-,10-9-,13-12-. The van der Waals surface area contributed by atoms with Gasteiger partial charge in [-0.15, -0.1) is 0 Å². The molecule has 50 heavy (non-hydrogen) atoms. The molecule has 9 atom stereocenters. The van der Waals surface area contributed by atoms with E-state index in [1.54, 1.807) is 0 Å². The summed E-state index contributed by atoms with van der Waals surface area (Å²) in [4.78, 5) is 25.2. The minimum Gasteiger partial charge on any atom is -0.462 e. The van der Waals surface area contributed by atoms with Crippen LogP contribution in [0.1, 0.15) is 150 Å². The van der Waals surface area contributed by atoms with Crippen LogP contribution in [0, 0.1) is 46.3 Å². The minimum atomic E-state index is -4.06. The predicted octanol–water partition coefficient (Wildman–Crippen LogP) is 9.79. The third kappa shape index (κ3) is 11.3. The average molecular weight is 716 g/mol. The lowest BCUT2D eigenvalue weighted by atomic mass is 9.44. The molecule has 4 saturated carbocycles. The van der Waals surface area contributed by atoms with Crippen molar-refractivity contribution in [3.8, 4) is 0 Å². The first-order valence-corrected chi connectivity index (χ1v) is 21.8. The highest BCUT2D eigenvalue weighted by Gasteiger charge is 2.60. The molecule has 0 saturated heterocycles. The van der Waals surface area contributed by atoms with Gasteiger partial charge in [-0.25, -0.2) is 0 Å². The summed E-state index contributed by atoms with van der Waals surface area (Å²) in [7, 11) is -4.06. The molecule has 0 bridgehead atoms. The topological polar surface area (TPSA) is 110 Å². The fourth-order valence-electron chi connectivity index (χ4n) is 11.0. The van der Waals surface area contributed by atoms with Crippen molar-refractivity contribution in [3.05, 3.63) is 36.5 Å². The number of ether oxygens (including phenoxy) is 1. The number of esters is 1. The molecule has 0 radical (unpaired) electrons. The number of carbonyl (C=O) groups is 2. The third-order valence-corrected chi connectivity index (χ3v) is 14.4. The molecule has 284 valence electrons. The molecule has 4 aliphatic rings. The number of unbranched alkanes of at least 4 members (excludes halogenated alkanes) is 3. The van der Waals surface area contributed by atoms with Gasteiger partial charge >= 0.3 is 5.97 Å². The molecule has 4 fully saturated rings. The number of hydrogen-bond donors (Lipinski definition) is 2. The summed E-state index contributed by atoms with van der Waals surface area (Å²) in [6.45, 7) is 9.53. The van der Waals surface area contributed by atoms with Gasteiger partial charge in [0.25, 0.3) is 10.1 Å². The molecule has 0 aromatic rings. The number of fused-ring (bicyclic) bond motifs is 5. The smallest absolute Gasteiger partial charge is 0.306 e. The fraction of sp³-hybridized carbons (Fsp3) is 0.810. The van der Waals surface area contributed by atoms with Crippen LogP contribution in [0.5, 0.6) is 0 Å². The van der Waals surface area contributed by atoms with E-state index >= 15 is 0 Å². The lowest BCUT2D eigenvalue weighted by Crippen LogP contribution is -2.54. The first-order chi connectivity index (χ1) is 23.9. The Morgan fingerprint density at radius 1 is 0.860 bits per heavy atom. The molecule has 0 spiro atoms. The van der Waals surface area contributed by atoms with Crippen molar-refractivity contribution in [2.75, 3.05) is 12.3 Å². The van der Waals surface area contributed by atoms with Gasteiger partial charge in [0, 0.05) is 19.4 Å². The predicted molar refractivity (Wildman–Crippen MR) is 203 cm³/mol. The van der Waals surface area contributed by atoms with Gasteiger partial charge < -0.3 is 10.1 Å². The Bertz CT molecular complexity index is 1290. The normalized spacial score (nSPS) is 33.3. The largest absolute Gasteiger partial charge is 0.462 e. The van der Waals surface area contributed by atoms with Gasteiger partial charge in [0.2, 0.25) is 5.91 Å². The lowest BCUT2D eigenvalue weighted by Gasteiger charge is -2.61. The third-order valence-electron chi connectivity index (χ3n) is 13.7. The molecule has 0 aromatic heterocycles. The van der Waals surface area contributed by atoms with Crippen LogP contribution >= 0.6 is 0 Å². The summed E-state index contributed by atoms with van der Waals surface area (Å²) < 4.78 is 36.9. The molecule has 4 aliphatic carbocycles. The van der Waals surface area contributed by atoms with Crippen molar-refractivity contribution >= 4 is 22.0 Å². The van der Waals surface area contributed by atoms with Crippen molar-refractivity contribution in [1.82, 2.24) is 5.32 Å². The number of hydrogen-bond acceptors (Lipinski definition) is 5. The Morgan fingerprint density at radius 2 is 1.56 bits per heavy atom. The van der Waals surface area contributed by atoms with Crippen LogP contribution in [0.3, 0.4) is 0 Å². The van der Waals surface area contributed by atoms with E-state index in [9.17, 15) is 18.0 Å². The second-order valence-corrected chi connectivity index (χ2v) is 18.4. The maximum Gasteiger partial charge on any atom is 0.306 e. The molecule has 8 heteroatoms. The van der Waals surface area contributed by atoms with Crippen molar-refractivity contribution < 1.29 is 27.3 Å². The number of nitrogens with one attached hydrogen (secondary N) is 1. The van der Waals surface area contributed by atoms with Crippen molar-refractivity contribution in [3.63, 3.8) is 0 Å². The van der Waals surface area contributed by atoms with E-state index in [-0.39, 0.29) is 24.5 Å². The van der Waals surface area contributed by atoms with Gasteiger partial charge in [-0.3, -0.25) is 14.1 Å². The van der Waals surface area contributed by atoms with Gasteiger partial charge in [0.05, 0.1) is 5.75 Å². The van der Waals surface area contributed by atoms with Gasteiger partial charge in [-0.2, -0.15) is 8.42 Å². The van der Waals surface area contributed by atoms with Gasteiger partial charge in [0.15, 0.2) is 0 Å². The highest BCUT2D eigenvalue weighted by Crippen LogP contribution is 2.68. The quantitative estimate of drug-likeness (QED) is 0.0597. The zero-order chi connectivity index (χ0) is 36.2. The van der Waals surface area contributed by atoms with E-state index in [0.29, 0.717) is 41.4 Å². The number of allylic oxidation sites excluding steroid dienone is 6. The van der Waals surface area contributed by atoms with Crippen molar-refractivity contribution in [1.29, 1.82) is 0 Å². The molecule has 9 unspecified atom stereocenters. The number of amides is 1. The van der Waals surface area contributed by atoms with E-state index in [2.05, 4.69) is 69.5 Å². The molecule has 7 nitrogen and oxygen atoms in total. The monoisotopic (exact) mass is 715 g/mol. The maximum absolute atomic E-state index is 12.8. The van der Waals surface area contributed by atoms with Gasteiger partial charge in [0.1, 0.15) is 6.10 Å². The molecular weight excluding hydrogens is 647 g/mol. The van der Waals surface area contributed by atoms with Crippen LogP contribution in [-0.4, -0.2) is 43.2 Å². The lowest BCUT2D eigenvalue weighted by molar-refractivity contribution is -0.162. The zero-order valence-electron chi connectivity index (χ0n) is 31.8. The molecule has 1 amide bonds. The van der Waals surface area contributed by atoms with Crippen LogP contribution in [0.15, 0.2) is 36.5 Å². The van der Waals surface area contributed by atoms with Crippen molar-refractivity contribution in [2.24, 2.45) is 46.3 Å². The number of carbonyl (C=O) groups excluding carboxylic acids is 2. The summed E-state index contributed by atoms with van der Waals surface area (Å²) in [5.41, 5.74) is 0.656. The minimum absolute atomic E-state index is 0.000210. The average Bonchev–Trinajstić information content (AvgIpc) is 3.42. The van der Waals surface area contributed by atoms with Crippen LogP contribution in [0.25, 0.3) is 0 Å². The summed E-state index contributed by atoms with van der Waals surface area (Å²) in [6.07, 6.45) is 33.3. The van der Waals surface area contributed by atoms with E-state index < -0.39 is 15.9 Å². The Kier molecular flexibility index (Phi) is 15.7. The summed E-state index contributed by atoms with van der Waals surface area (Å²) in [5, 5.41) is 2.65. The van der Waals surface area contributed by atoms with E-state index in [1.165, 1.54) is 44.9 Å². The highest BCUT2D eigenvalue weighted by molar-refractivity contribution is 7.85. The molecule has 0 aromatic carbocycles. The summed E-state index contributed by atoms with van der Waals surface area (Å²) in [6, 6.07) is 0. The molecule has 0 aliphatic heterocycles. The first-order valence-electron chi connectivity index (χ1n) is 20.2. The van der Waals surface area contributed by atoms with Crippen molar-refractivity contribution in [2.45, 2.75) is 156 Å². The van der Waals surface area contributed by atoms with Gasteiger partial charge in [-0.1, -0.05) is 70.6 Å². The zero-order valence-corrected chi connectivity index (χ0v) is 32.6. The molecule has 2 N–H and O–H groups in total.